The van der Waals surface area contributed by atoms with Gasteiger partial charge in [-0.15, -0.1) is 0 Å². The number of rotatable bonds is 4. The molecule has 0 saturated carbocycles. The van der Waals surface area contributed by atoms with Crippen LogP contribution in [0.1, 0.15) is 21.5 Å². The minimum absolute atomic E-state index is 0.0483. The van der Waals surface area contributed by atoms with Crippen molar-refractivity contribution in [1.82, 2.24) is 15.1 Å². The van der Waals surface area contributed by atoms with Crippen LogP contribution in [0.25, 0.3) is 0 Å². The van der Waals surface area contributed by atoms with Gasteiger partial charge in [-0.3, -0.25) is 14.5 Å². The standard InChI is InChI=1S/C23H27N3O3/c1-25(2)22(28)19-14-26(13-17-9-5-7-11-20(17)29-3)15-23(19)12-16-8-4-6-10-18(16)21(27)24-23/h4-11,19H,12-15H2,1-3H3,(H,24,27)/t19-,23+/m0/s1. The van der Waals surface area contributed by atoms with Gasteiger partial charge in [0.1, 0.15) is 5.75 Å². The third-order valence-corrected chi connectivity index (χ3v) is 6.07. The summed E-state index contributed by atoms with van der Waals surface area (Å²) in [5, 5.41) is 3.22. The van der Waals surface area contributed by atoms with E-state index in [-0.39, 0.29) is 17.7 Å². The molecule has 2 heterocycles. The zero-order valence-electron chi connectivity index (χ0n) is 17.1. The Kier molecular flexibility index (Phi) is 5.04. The van der Waals surface area contributed by atoms with E-state index in [2.05, 4.69) is 10.2 Å². The Balaban J connectivity index is 1.67. The zero-order chi connectivity index (χ0) is 20.6. The monoisotopic (exact) mass is 393 g/mol. The van der Waals surface area contributed by atoms with Crippen LogP contribution in [0.15, 0.2) is 48.5 Å². The lowest BCUT2D eigenvalue weighted by Crippen LogP contribution is -2.61. The number of methoxy groups -OCH3 is 1. The average molecular weight is 393 g/mol. The lowest BCUT2D eigenvalue weighted by Gasteiger charge is -2.40. The van der Waals surface area contributed by atoms with Crippen LogP contribution < -0.4 is 10.1 Å². The van der Waals surface area contributed by atoms with Crippen molar-refractivity contribution < 1.29 is 14.3 Å². The largest absolute Gasteiger partial charge is 0.496 e. The molecule has 2 aliphatic heterocycles. The average Bonchev–Trinajstić information content (AvgIpc) is 3.04. The first-order valence-corrected chi connectivity index (χ1v) is 9.89. The normalized spacial score (nSPS) is 23.6. The van der Waals surface area contributed by atoms with E-state index in [9.17, 15) is 9.59 Å². The van der Waals surface area contributed by atoms with Crippen LogP contribution in [0.5, 0.6) is 5.75 Å². The summed E-state index contributed by atoms with van der Waals surface area (Å²) in [5.41, 5.74) is 2.18. The number of hydrogen-bond donors (Lipinski definition) is 1. The topological polar surface area (TPSA) is 61.9 Å². The first-order valence-electron chi connectivity index (χ1n) is 9.89. The maximum absolute atomic E-state index is 13.1. The van der Waals surface area contributed by atoms with E-state index in [0.717, 1.165) is 16.9 Å². The molecule has 1 fully saturated rings. The molecule has 0 aliphatic carbocycles. The van der Waals surface area contributed by atoms with Crippen LogP contribution in [0.3, 0.4) is 0 Å². The Hall–Kier alpha value is -2.86. The predicted molar refractivity (Wildman–Crippen MR) is 111 cm³/mol. The number of likely N-dealkylation sites (tertiary alicyclic amines) is 1. The molecule has 0 radical (unpaired) electrons. The van der Waals surface area contributed by atoms with Gasteiger partial charge in [-0.2, -0.15) is 0 Å². The lowest BCUT2D eigenvalue weighted by atomic mass is 9.77. The van der Waals surface area contributed by atoms with Crippen molar-refractivity contribution >= 4 is 11.8 Å². The molecule has 4 rings (SSSR count). The summed E-state index contributed by atoms with van der Waals surface area (Å²) in [5.74, 6) is 0.487. The SMILES string of the molecule is COc1ccccc1CN1C[C@@H](C(=O)N(C)C)[C@@]2(Cc3ccccc3C(=O)N2)C1. The van der Waals surface area contributed by atoms with E-state index in [1.807, 2.05) is 48.5 Å². The fourth-order valence-electron chi connectivity index (χ4n) is 4.71. The third-order valence-electron chi connectivity index (χ3n) is 6.07. The smallest absolute Gasteiger partial charge is 0.252 e. The molecule has 152 valence electrons. The number of ether oxygens (including phenoxy) is 1. The third kappa shape index (κ3) is 3.49. The zero-order valence-corrected chi connectivity index (χ0v) is 17.1. The van der Waals surface area contributed by atoms with Crippen LogP contribution >= 0.6 is 0 Å². The minimum Gasteiger partial charge on any atom is -0.496 e. The van der Waals surface area contributed by atoms with Gasteiger partial charge >= 0.3 is 0 Å². The number of para-hydroxylation sites is 1. The van der Waals surface area contributed by atoms with E-state index < -0.39 is 5.54 Å². The van der Waals surface area contributed by atoms with Gasteiger partial charge < -0.3 is 15.0 Å². The second kappa shape index (κ2) is 7.52. The molecule has 29 heavy (non-hydrogen) atoms. The van der Waals surface area contributed by atoms with Gasteiger partial charge in [0.05, 0.1) is 18.6 Å². The fraction of sp³-hybridized carbons (Fsp3) is 0.391. The molecule has 1 spiro atoms. The summed E-state index contributed by atoms with van der Waals surface area (Å²) in [6, 6.07) is 15.6. The highest BCUT2D eigenvalue weighted by Gasteiger charge is 2.53. The van der Waals surface area contributed by atoms with Crippen molar-refractivity contribution in [2.75, 3.05) is 34.3 Å². The summed E-state index contributed by atoms with van der Waals surface area (Å²) < 4.78 is 5.50. The molecule has 1 N–H and O–H groups in total. The predicted octanol–water partition coefficient (Wildman–Crippen LogP) is 1.94. The second-order valence-electron chi connectivity index (χ2n) is 8.21. The molecule has 6 heteroatoms. The van der Waals surface area contributed by atoms with Gasteiger partial charge in [0, 0.05) is 44.9 Å². The van der Waals surface area contributed by atoms with Crippen molar-refractivity contribution in [2.24, 2.45) is 5.92 Å². The summed E-state index contributed by atoms with van der Waals surface area (Å²) >= 11 is 0. The lowest BCUT2D eigenvalue weighted by molar-refractivity contribution is -0.134. The highest BCUT2D eigenvalue weighted by Crippen LogP contribution is 2.37. The molecule has 1 saturated heterocycles. The van der Waals surface area contributed by atoms with E-state index >= 15 is 0 Å². The molecule has 2 aliphatic rings. The number of carbonyl (C=O) groups is 2. The van der Waals surface area contributed by atoms with Gasteiger partial charge in [-0.05, 0) is 24.1 Å². The van der Waals surface area contributed by atoms with Crippen LogP contribution in [-0.2, 0) is 17.8 Å². The molecule has 6 nitrogen and oxygen atoms in total. The Morgan fingerprint density at radius 2 is 1.93 bits per heavy atom. The quantitative estimate of drug-likeness (QED) is 0.863. The maximum Gasteiger partial charge on any atom is 0.252 e. The molecule has 2 amide bonds. The Morgan fingerprint density at radius 1 is 1.21 bits per heavy atom. The van der Waals surface area contributed by atoms with Gasteiger partial charge in [-0.25, -0.2) is 0 Å². The number of benzene rings is 2. The van der Waals surface area contributed by atoms with Gasteiger partial charge in [-0.1, -0.05) is 36.4 Å². The van der Waals surface area contributed by atoms with Gasteiger partial charge in [0.2, 0.25) is 5.91 Å². The summed E-state index contributed by atoms with van der Waals surface area (Å²) in [4.78, 5) is 29.8. The number of nitrogens with zero attached hydrogens (tertiary/aromatic N) is 2. The first-order chi connectivity index (χ1) is 13.9. The number of nitrogens with one attached hydrogen (secondary N) is 1. The van der Waals surface area contributed by atoms with Gasteiger partial charge in [0.15, 0.2) is 0 Å². The molecule has 2 aromatic rings. The molecular weight excluding hydrogens is 366 g/mol. The number of amides is 2. The van der Waals surface area contributed by atoms with E-state index in [4.69, 9.17) is 4.74 Å². The number of carbonyl (C=O) groups excluding carboxylic acids is 2. The summed E-state index contributed by atoms with van der Waals surface area (Å²) in [7, 11) is 5.22. The van der Waals surface area contributed by atoms with Crippen molar-refractivity contribution in [1.29, 1.82) is 0 Å². The molecule has 2 aromatic carbocycles. The van der Waals surface area contributed by atoms with Crippen molar-refractivity contribution in [3.05, 3.63) is 65.2 Å². The summed E-state index contributed by atoms with van der Waals surface area (Å²) in [6.07, 6.45) is 0.654. The highest BCUT2D eigenvalue weighted by molar-refractivity contribution is 5.98. The number of hydrogen-bond acceptors (Lipinski definition) is 4. The van der Waals surface area contributed by atoms with Gasteiger partial charge in [0.25, 0.3) is 5.91 Å². The Morgan fingerprint density at radius 3 is 2.69 bits per heavy atom. The van der Waals surface area contributed by atoms with Crippen LogP contribution in [0.4, 0.5) is 0 Å². The molecule has 0 aromatic heterocycles. The van der Waals surface area contributed by atoms with Crippen LogP contribution in [0, 0.1) is 5.92 Å². The summed E-state index contributed by atoms with van der Waals surface area (Å²) in [6.45, 7) is 1.88. The van der Waals surface area contributed by atoms with E-state index in [1.54, 1.807) is 26.1 Å². The Bertz CT molecular complexity index is 942. The van der Waals surface area contributed by atoms with Crippen LogP contribution in [0.2, 0.25) is 0 Å². The Labute approximate surface area is 171 Å². The molecule has 0 unspecified atom stereocenters. The van der Waals surface area contributed by atoms with E-state index in [0.29, 0.717) is 31.6 Å². The fourth-order valence-corrected chi connectivity index (χ4v) is 4.71. The maximum atomic E-state index is 13.1. The molecule has 2 atom stereocenters. The van der Waals surface area contributed by atoms with E-state index in [1.165, 1.54) is 0 Å². The second-order valence-corrected chi connectivity index (χ2v) is 8.21. The molecular formula is C23H27N3O3. The van der Waals surface area contributed by atoms with Crippen LogP contribution in [-0.4, -0.2) is 61.4 Å². The van der Waals surface area contributed by atoms with Crippen molar-refractivity contribution in [3.8, 4) is 5.75 Å². The number of fused-ring (bicyclic) bond motifs is 1. The first kappa shape index (κ1) is 19.5. The van der Waals surface area contributed by atoms with Crippen molar-refractivity contribution in [2.45, 2.75) is 18.5 Å². The minimum atomic E-state index is -0.602. The molecule has 0 bridgehead atoms. The highest BCUT2D eigenvalue weighted by atomic mass is 16.5. The van der Waals surface area contributed by atoms with Crippen molar-refractivity contribution in [3.63, 3.8) is 0 Å².